The van der Waals surface area contributed by atoms with Crippen molar-refractivity contribution in [3.63, 3.8) is 0 Å². The van der Waals surface area contributed by atoms with Gasteiger partial charge in [0, 0.05) is 33.4 Å². The van der Waals surface area contributed by atoms with Crippen LogP contribution in [-0.4, -0.2) is 61.6 Å². The highest BCUT2D eigenvalue weighted by atomic mass is 32.1. The highest BCUT2D eigenvalue weighted by Gasteiger charge is 2.42. The van der Waals surface area contributed by atoms with Gasteiger partial charge in [-0.05, 0) is 49.6 Å². The molecule has 2 aliphatic carbocycles. The summed E-state index contributed by atoms with van der Waals surface area (Å²) in [7, 11) is 1.26. The standard InChI is InChI=1S/C33H24N2O10S/c1-13-19(36)11-18-23(26(13)37)30(41)25-24(27(18)38)29(40)22-17(31(25)44-2)9-8-14-10-15(21(32(42)43)28(39)20(14)22)12-34-35-33(46)45-16-6-4-3-5-7-16/h3-7,10-12,36-37,39-40H,8-9H2,1-2H3,(H,35,46)(H,42,43)/b34-12+. The fourth-order valence-corrected chi connectivity index (χ4v) is 6.08. The Balaban J connectivity index is 1.52. The molecule has 0 aliphatic heterocycles. The average molecular weight is 641 g/mol. The first-order chi connectivity index (χ1) is 22.0. The van der Waals surface area contributed by atoms with Gasteiger partial charge in [-0.25, -0.2) is 4.79 Å². The molecule has 0 fully saturated rings. The number of nitrogens with zero attached hydrogens (tertiary/aromatic N) is 2. The maximum absolute atomic E-state index is 13.8. The van der Waals surface area contributed by atoms with Crippen LogP contribution in [-0.2, 0) is 12.8 Å². The molecule has 6 rings (SSSR count). The van der Waals surface area contributed by atoms with Crippen molar-refractivity contribution >= 4 is 41.6 Å². The molecule has 0 aromatic heterocycles. The fourth-order valence-electron chi connectivity index (χ4n) is 5.92. The predicted molar refractivity (Wildman–Crippen MR) is 169 cm³/mol. The number of fused-ring (bicyclic) bond motifs is 5. The van der Waals surface area contributed by atoms with E-state index in [0.29, 0.717) is 11.3 Å². The van der Waals surface area contributed by atoms with E-state index < -0.39 is 51.7 Å². The van der Waals surface area contributed by atoms with E-state index in [0.717, 1.165) is 12.3 Å². The number of methoxy groups -OCH3 is 1. The number of phenolic OH excluding ortho intramolecular Hbond substituents is 3. The van der Waals surface area contributed by atoms with Crippen molar-refractivity contribution in [1.29, 1.82) is 0 Å². The topological polar surface area (TPSA) is 196 Å². The van der Waals surface area contributed by atoms with Crippen LogP contribution in [0.1, 0.15) is 64.5 Å². The van der Waals surface area contributed by atoms with Crippen LogP contribution in [0.25, 0.3) is 11.1 Å². The van der Waals surface area contributed by atoms with Crippen LogP contribution in [0.5, 0.6) is 34.5 Å². The van der Waals surface area contributed by atoms with E-state index >= 15 is 0 Å². The zero-order valence-corrected chi connectivity index (χ0v) is 25.0. The minimum Gasteiger partial charge on any atom is -0.508 e. The Labute approximate surface area is 265 Å². The van der Waals surface area contributed by atoms with Crippen LogP contribution in [0, 0.1) is 6.92 Å². The van der Waals surface area contributed by atoms with Gasteiger partial charge in [0.05, 0.1) is 30.0 Å². The number of thiol groups is 1. The van der Waals surface area contributed by atoms with Crippen LogP contribution < -0.4 is 9.47 Å². The second kappa shape index (κ2) is 11.3. The Morgan fingerprint density at radius 2 is 1.61 bits per heavy atom. The van der Waals surface area contributed by atoms with E-state index in [-0.39, 0.29) is 68.3 Å². The summed E-state index contributed by atoms with van der Waals surface area (Å²) >= 11 is 4.13. The molecule has 4 aromatic carbocycles. The fraction of sp³-hybridized carbons (Fsp3) is 0.121. The molecule has 0 saturated carbocycles. The van der Waals surface area contributed by atoms with Gasteiger partial charge in [0.2, 0.25) is 5.78 Å². The van der Waals surface area contributed by atoms with Crippen molar-refractivity contribution in [1.82, 2.24) is 0 Å². The molecule has 5 N–H and O–H groups in total. The number of phenols is 4. The van der Waals surface area contributed by atoms with Crippen molar-refractivity contribution in [2.75, 3.05) is 7.11 Å². The van der Waals surface area contributed by atoms with Gasteiger partial charge in [-0.2, -0.15) is 5.10 Å². The largest absolute Gasteiger partial charge is 0.508 e. The number of hydrogen-bond acceptors (Lipinski definition) is 11. The number of hydrogen-bond donors (Lipinski definition) is 6. The summed E-state index contributed by atoms with van der Waals surface area (Å²) in [5.41, 5.74) is -1.53. The van der Waals surface area contributed by atoms with E-state index in [4.69, 9.17) is 9.47 Å². The third kappa shape index (κ3) is 4.59. The molecule has 0 unspecified atom stereocenters. The minimum atomic E-state index is -1.52. The molecule has 0 radical (unpaired) electrons. The van der Waals surface area contributed by atoms with Crippen LogP contribution in [0.2, 0.25) is 0 Å². The maximum Gasteiger partial charge on any atom is 0.340 e. The lowest BCUT2D eigenvalue weighted by atomic mass is 9.74. The number of aromatic hydroxyl groups is 4. The van der Waals surface area contributed by atoms with Crippen molar-refractivity contribution in [2.24, 2.45) is 10.2 Å². The molecule has 46 heavy (non-hydrogen) atoms. The highest BCUT2D eigenvalue weighted by Crippen LogP contribution is 2.54. The van der Waals surface area contributed by atoms with Gasteiger partial charge >= 0.3 is 5.97 Å². The van der Waals surface area contributed by atoms with Gasteiger partial charge in [0.15, 0.2) is 5.78 Å². The number of para-hydroxylation sites is 1. The number of carbonyl (C=O) groups is 3. The van der Waals surface area contributed by atoms with Crippen molar-refractivity contribution in [3.05, 3.63) is 92.5 Å². The van der Waals surface area contributed by atoms with Crippen LogP contribution in [0.4, 0.5) is 0 Å². The number of carbonyl (C=O) groups excluding carboxylic acids is 2. The molecule has 2 aliphatic rings. The number of benzene rings is 4. The predicted octanol–water partition coefficient (Wildman–Crippen LogP) is 4.76. The van der Waals surface area contributed by atoms with Crippen molar-refractivity contribution in [2.45, 2.75) is 19.8 Å². The molecule has 13 heteroatoms. The second-order valence-electron chi connectivity index (χ2n) is 10.5. The van der Waals surface area contributed by atoms with Crippen LogP contribution in [0.15, 0.2) is 52.7 Å². The van der Waals surface area contributed by atoms with Gasteiger partial charge in [0.1, 0.15) is 40.1 Å². The number of aromatic carboxylic acids is 1. The second-order valence-corrected chi connectivity index (χ2v) is 10.9. The number of aryl methyl sites for hydroxylation is 1. The van der Waals surface area contributed by atoms with Crippen LogP contribution in [0.3, 0.4) is 0 Å². The smallest absolute Gasteiger partial charge is 0.340 e. The average Bonchev–Trinajstić information content (AvgIpc) is 3.02. The van der Waals surface area contributed by atoms with Gasteiger partial charge in [-0.1, -0.05) is 30.8 Å². The van der Waals surface area contributed by atoms with Gasteiger partial charge in [-0.3, -0.25) is 9.59 Å². The molecule has 0 spiro atoms. The molecular weight excluding hydrogens is 616 g/mol. The lowest BCUT2D eigenvalue weighted by Crippen LogP contribution is -2.24. The lowest BCUT2D eigenvalue weighted by molar-refractivity contribution is 0.0693. The third-order valence-corrected chi connectivity index (χ3v) is 8.18. The quantitative estimate of drug-likeness (QED) is 0.0674. The van der Waals surface area contributed by atoms with Crippen molar-refractivity contribution < 1.29 is 49.4 Å². The summed E-state index contributed by atoms with van der Waals surface area (Å²) in [6.07, 6.45) is 1.48. The monoisotopic (exact) mass is 640 g/mol. The molecule has 0 amide bonds. The number of ether oxygens (including phenoxy) is 2. The zero-order chi connectivity index (χ0) is 33.0. The maximum atomic E-state index is 13.8. The van der Waals surface area contributed by atoms with Crippen LogP contribution >= 0.6 is 12.6 Å². The first-order valence-electron chi connectivity index (χ1n) is 13.7. The zero-order valence-electron chi connectivity index (χ0n) is 24.2. The van der Waals surface area contributed by atoms with Gasteiger partial charge < -0.3 is 35.0 Å². The van der Waals surface area contributed by atoms with E-state index in [1.54, 1.807) is 30.3 Å². The Hall–Kier alpha value is -5.82. The number of ketones is 2. The Morgan fingerprint density at radius 1 is 0.891 bits per heavy atom. The van der Waals surface area contributed by atoms with Gasteiger partial charge in [0.25, 0.3) is 5.23 Å². The molecule has 0 saturated heterocycles. The minimum absolute atomic E-state index is 0.0103. The first kappa shape index (κ1) is 30.2. The summed E-state index contributed by atoms with van der Waals surface area (Å²) in [5, 5.41) is 61.7. The van der Waals surface area contributed by atoms with E-state index in [1.165, 1.54) is 20.1 Å². The first-order valence-corrected chi connectivity index (χ1v) is 14.2. The molecule has 4 aromatic rings. The summed E-state index contributed by atoms with van der Waals surface area (Å²) < 4.78 is 11.0. The Kier molecular flexibility index (Phi) is 7.40. The lowest BCUT2D eigenvalue weighted by Gasteiger charge is -2.30. The summed E-state index contributed by atoms with van der Waals surface area (Å²) in [4.78, 5) is 39.9. The highest BCUT2D eigenvalue weighted by molar-refractivity contribution is 7.96. The Morgan fingerprint density at radius 3 is 2.28 bits per heavy atom. The third-order valence-electron chi connectivity index (χ3n) is 8.00. The van der Waals surface area contributed by atoms with E-state index in [9.17, 15) is 39.9 Å². The molecular formula is C33H24N2O10S. The number of carboxylic acids is 1. The molecule has 12 nitrogen and oxygen atoms in total. The summed E-state index contributed by atoms with van der Waals surface area (Å²) in [6, 6.07) is 11.1. The number of rotatable bonds is 5. The SMILES string of the molecule is COc1c2c(c(O)c3c1C(=O)c1c(cc(O)c(C)c1O)C3=O)-c1c(cc(/C=N/N=C(\S)Oc3ccccc3)c(C(=O)O)c1O)CC2. The number of carboxylic acid groups (broad SMARTS) is 1. The summed E-state index contributed by atoms with van der Waals surface area (Å²) in [5.74, 6) is -5.26. The van der Waals surface area contributed by atoms with Crippen molar-refractivity contribution in [3.8, 4) is 45.6 Å². The van der Waals surface area contributed by atoms with E-state index in [2.05, 4.69) is 22.8 Å². The normalized spacial score (nSPS) is 13.6. The molecule has 0 bridgehead atoms. The van der Waals surface area contributed by atoms with Gasteiger partial charge in [-0.15, -0.1) is 5.10 Å². The Bertz CT molecular complexity index is 2090. The summed E-state index contributed by atoms with van der Waals surface area (Å²) in [6.45, 7) is 1.38. The van der Waals surface area contributed by atoms with E-state index in [1.807, 2.05) is 0 Å². The molecule has 232 valence electrons. The molecule has 0 heterocycles. The molecule has 0 atom stereocenters.